The van der Waals surface area contributed by atoms with E-state index in [0.717, 1.165) is 0 Å². The number of carboxylic acids is 1. The minimum atomic E-state index is -0.984. The molecule has 2 heterocycles. The van der Waals surface area contributed by atoms with E-state index in [-0.39, 0.29) is 17.6 Å². The highest BCUT2D eigenvalue weighted by molar-refractivity contribution is 5.95. The van der Waals surface area contributed by atoms with Crippen molar-refractivity contribution in [1.82, 2.24) is 14.9 Å². The van der Waals surface area contributed by atoms with Gasteiger partial charge >= 0.3 is 5.97 Å². The Bertz CT molecular complexity index is 544. The molecule has 0 spiro atoms. The molecule has 0 radical (unpaired) electrons. The van der Waals surface area contributed by atoms with Gasteiger partial charge in [0, 0.05) is 12.2 Å². The first-order valence-corrected chi connectivity index (χ1v) is 6.58. The van der Waals surface area contributed by atoms with E-state index in [0.29, 0.717) is 25.1 Å². The van der Waals surface area contributed by atoms with Gasteiger partial charge in [0.15, 0.2) is 0 Å². The summed E-state index contributed by atoms with van der Waals surface area (Å²) in [5.74, 6) is -1.24. The number of nitrogens with two attached hydrogens (primary N) is 1. The summed E-state index contributed by atoms with van der Waals surface area (Å²) in [5.41, 5.74) is 6.45. The molecule has 3 N–H and O–H groups in total. The lowest BCUT2D eigenvalue weighted by Gasteiger charge is -2.21. The molecular weight excluding hydrogens is 260 g/mol. The molecule has 1 aliphatic rings. The number of aliphatic carboxylic acids is 1. The molecule has 1 fully saturated rings. The van der Waals surface area contributed by atoms with Gasteiger partial charge in [0.05, 0.1) is 0 Å². The third kappa shape index (κ3) is 2.71. The Morgan fingerprint density at radius 1 is 1.45 bits per heavy atom. The second kappa shape index (κ2) is 5.44. The number of carboxylic acid groups (broad SMARTS) is 1. The molecule has 0 unspecified atom stereocenters. The van der Waals surface area contributed by atoms with Crippen LogP contribution in [-0.2, 0) is 4.79 Å². The number of anilines is 1. The molecule has 1 aromatic rings. The summed E-state index contributed by atoms with van der Waals surface area (Å²) in [5, 5.41) is 9.13. The lowest BCUT2D eigenvalue weighted by Crippen LogP contribution is -2.40. The molecule has 0 aromatic carbocycles. The second-order valence-electron chi connectivity index (χ2n) is 5.19. The van der Waals surface area contributed by atoms with E-state index < -0.39 is 17.9 Å². The van der Waals surface area contributed by atoms with Crippen molar-refractivity contribution in [3.63, 3.8) is 0 Å². The highest BCUT2D eigenvalue weighted by Gasteiger charge is 2.35. The number of likely N-dealkylation sites (tertiary alicyclic amines) is 1. The molecular formula is C13H18N4O3. The van der Waals surface area contributed by atoms with Crippen LogP contribution >= 0.6 is 0 Å². The molecule has 1 aromatic heterocycles. The Morgan fingerprint density at radius 2 is 2.15 bits per heavy atom. The average molecular weight is 278 g/mol. The van der Waals surface area contributed by atoms with Gasteiger partial charge in [-0.3, -0.25) is 4.79 Å². The Balaban J connectivity index is 2.31. The number of rotatable bonds is 3. The fourth-order valence-corrected chi connectivity index (χ4v) is 2.30. The fourth-order valence-electron chi connectivity index (χ4n) is 2.30. The highest BCUT2D eigenvalue weighted by atomic mass is 16.4. The maximum Gasteiger partial charge on any atom is 0.326 e. The van der Waals surface area contributed by atoms with E-state index in [4.69, 9.17) is 10.8 Å². The van der Waals surface area contributed by atoms with Gasteiger partial charge in [0.2, 0.25) is 5.95 Å². The topological polar surface area (TPSA) is 109 Å². The van der Waals surface area contributed by atoms with Crippen molar-refractivity contribution < 1.29 is 14.7 Å². The summed E-state index contributed by atoms with van der Waals surface area (Å²) in [6, 6.07) is 0.807. The van der Waals surface area contributed by atoms with Crippen molar-refractivity contribution in [2.24, 2.45) is 0 Å². The van der Waals surface area contributed by atoms with Crippen LogP contribution in [0.25, 0.3) is 0 Å². The number of hydrogen-bond donors (Lipinski definition) is 2. The Morgan fingerprint density at radius 3 is 2.75 bits per heavy atom. The van der Waals surface area contributed by atoms with E-state index in [1.165, 1.54) is 4.90 Å². The van der Waals surface area contributed by atoms with Crippen LogP contribution in [0.1, 0.15) is 48.8 Å². The first kappa shape index (κ1) is 14.2. The summed E-state index contributed by atoms with van der Waals surface area (Å²) < 4.78 is 0. The fraction of sp³-hybridized carbons (Fsp3) is 0.538. The highest BCUT2D eigenvalue weighted by Crippen LogP contribution is 2.21. The third-order valence-electron chi connectivity index (χ3n) is 3.37. The van der Waals surface area contributed by atoms with Gasteiger partial charge in [-0.25, -0.2) is 14.8 Å². The average Bonchev–Trinajstić information content (AvgIpc) is 2.86. The van der Waals surface area contributed by atoms with Crippen LogP contribution in [0.4, 0.5) is 5.95 Å². The van der Waals surface area contributed by atoms with Gasteiger partial charge in [-0.05, 0) is 24.8 Å². The Labute approximate surface area is 116 Å². The zero-order valence-electron chi connectivity index (χ0n) is 11.5. The van der Waals surface area contributed by atoms with Crippen molar-refractivity contribution in [3.8, 4) is 0 Å². The van der Waals surface area contributed by atoms with Crippen LogP contribution in [0, 0.1) is 0 Å². The summed E-state index contributed by atoms with van der Waals surface area (Å²) in [7, 11) is 0. The lowest BCUT2D eigenvalue weighted by atomic mass is 10.1. The predicted molar refractivity (Wildman–Crippen MR) is 72.2 cm³/mol. The first-order valence-electron chi connectivity index (χ1n) is 6.58. The van der Waals surface area contributed by atoms with Gasteiger partial charge in [-0.2, -0.15) is 0 Å². The molecule has 1 saturated heterocycles. The number of carbonyl (C=O) groups excluding carboxylic acids is 1. The molecule has 0 aliphatic carbocycles. The Kier molecular flexibility index (Phi) is 3.87. The molecule has 0 saturated carbocycles. The molecule has 2 rings (SSSR count). The second-order valence-corrected chi connectivity index (χ2v) is 5.19. The first-order chi connectivity index (χ1) is 9.40. The quantitative estimate of drug-likeness (QED) is 0.849. The van der Waals surface area contributed by atoms with Gasteiger partial charge in [-0.15, -0.1) is 0 Å². The smallest absolute Gasteiger partial charge is 0.326 e. The zero-order valence-corrected chi connectivity index (χ0v) is 11.5. The Hall–Kier alpha value is -2.18. The number of amides is 1. The minimum Gasteiger partial charge on any atom is -0.480 e. The molecule has 20 heavy (non-hydrogen) atoms. The van der Waals surface area contributed by atoms with Gasteiger partial charge in [0.25, 0.3) is 5.91 Å². The van der Waals surface area contributed by atoms with Crippen molar-refractivity contribution in [2.45, 2.75) is 38.6 Å². The number of hydrogen-bond acceptors (Lipinski definition) is 5. The monoisotopic (exact) mass is 278 g/mol. The summed E-state index contributed by atoms with van der Waals surface area (Å²) >= 11 is 0. The molecule has 1 amide bonds. The number of aromatic nitrogens is 2. The van der Waals surface area contributed by atoms with Crippen LogP contribution in [0.2, 0.25) is 0 Å². The SMILES string of the molecule is CC(C)c1cc(C(=O)N2CCC[C@H]2C(=O)O)nc(N)n1. The van der Waals surface area contributed by atoms with Crippen LogP contribution in [0.15, 0.2) is 6.07 Å². The minimum absolute atomic E-state index is 0.0330. The maximum absolute atomic E-state index is 12.4. The van der Waals surface area contributed by atoms with Crippen LogP contribution in [-0.4, -0.2) is 44.4 Å². The largest absolute Gasteiger partial charge is 0.480 e. The van der Waals surface area contributed by atoms with Crippen molar-refractivity contribution in [3.05, 3.63) is 17.5 Å². The van der Waals surface area contributed by atoms with Crippen molar-refractivity contribution in [1.29, 1.82) is 0 Å². The molecule has 7 heteroatoms. The lowest BCUT2D eigenvalue weighted by molar-refractivity contribution is -0.141. The zero-order chi connectivity index (χ0) is 14.9. The number of carbonyl (C=O) groups is 2. The van der Waals surface area contributed by atoms with Crippen LogP contribution in [0.5, 0.6) is 0 Å². The molecule has 0 bridgehead atoms. The standard InChI is InChI=1S/C13H18N4O3/c1-7(2)8-6-9(16-13(14)15-8)11(18)17-5-3-4-10(17)12(19)20/h6-7,10H,3-5H2,1-2H3,(H,19,20)(H2,14,15,16)/t10-/m0/s1. The summed E-state index contributed by atoms with van der Waals surface area (Å²) in [6.07, 6.45) is 1.15. The predicted octanol–water partition coefficient (Wildman–Crippen LogP) is 0.871. The van der Waals surface area contributed by atoms with E-state index in [9.17, 15) is 9.59 Å². The maximum atomic E-state index is 12.4. The van der Waals surface area contributed by atoms with Crippen LogP contribution < -0.4 is 5.73 Å². The number of nitrogens with zero attached hydrogens (tertiary/aromatic N) is 3. The summed E-state index contributed by atoms with van der Waals surface area (Å²) in [4.78, 5) is 32.9. The van der Waals surface area contributed by atoms with Crippen molar-refractivity contribution in [2.75, 3.05) is 12.3 Å². The van der Waals surface area contributed by atoms with E-state index in [1.807, 2.05) is 13.8 Å². The van der Waals surface area contributed by atoms with E-state index in [1.54, 1.807) is 6.07 Å². The molecule has 108 valence electrons. The van der Waals surface area contributed by atoms with E-state index in [2.05, 4.69) is 9.97 Å². The normalized spacial score (nSPS) is 18.6. The third-order valence-corrected chi connectivity index (χ3v) is 3.37. The van der Waals surface area contributed by atoms with Gasteiger partial charge in [-0.1, -0.05) is 13.8 Å². The molecule has 1 aliphatic heterocycles. The van der Waals surface area contributed by atoms with Crippen molar-refractivity contribution >= 4 is 17.8 Å². The summed E-state index contributed by atoms with van der Waals surface area (Å²) in [6.45, 7) is 4.30. The molecule has 1 atom stereocenters. The van der Waals surface area contributed by atoms with E-state index >= 15 is 0 Å². The van der Waals surface area contributed by atoms with Gasteiger partial charge in [0.1, 0.15) is 11.7 Å². The molecule has 7 nitrogen and oxygen atoms in total. The number of nitrogen functional groups attached to an aromatic ring is 1. The van der Waals surface area contributed by atoms with Crippen LogP contribution in [0.3, 0.4) is 0 Å². The van der Waals surface area contributed by atoms with Gasteiger partial charge < -0.3 is 15.7 Å².